The van der Waals surface area contributed by atoms with Gasteiger partial charge in [0.15, 0.2) is 0 Å². The number of hydrogen-bond acceptors (Lipinski definition) is 4. The Kier molecular flexibility index (Phi) is 4.08. The Morgan fingerprint density at radius 3 is 2.88 bits per heavy atom. The minimum absolute atomic E-state index is 0.0285. The summed E-state index contributed by atoms with van der Waals surface area (Å²) in [4.78, 5) is 0. The quantitative estimate of drug-likeness (QED) is 0.771. The zero-order valence-corrected chi connectivity index (χ0v) is 11.0. The molecule has 100 valence electrons. The lowest BCUT2D eigenvalue weighted by molar-refractivity contribution is -0.0901. The van der Waals surface area contributed by atoms with Gasteiger partial charge in [0.1, 0.15) is 0 Å². The summed E-state index contributed by atoms with van der Waals surface area (Å²) < 4.78 is 11.4. The van der Waals surface area contributed by atoms with E-state index in [4.69, 9.17) is 9.47 Å². The van der Waals surface area contributed by atoms with E-state index in [1.54, 1.807) is 0 Å². The van der Waals surface area contributed by atoms with Crippen LogP contribution in [0.4, 0.5) is 0 Å². The Hall–Kier alpha value is -0.160. The van der Waals surface area contributed by atoms with Crippen molar-refractivity contribution in [2.45, 2.75) is 44.8 Å². The molecule has 0 aromatic heterocycles. The van der Waals surface area contributed by atoms with Gasteiger partial charge in [0.05, 0.1) is 12.2 Å². The van der Waals surface area contributed by atoms with Gasteiger partial charge in [-0.2, -0.15) is 0 Å². The van der Waals surface area contributed by atoms with E-state index < -0.39 is 0 Å². The predicted molar refractivity (Wildman–Crippen MR) is 66.0 cm³/mol. The number of aliphatic hydroxyl groups is 1. The van der Waals surface area contributed by atoms with Gasteiger partial charge >= 0.3 is 0 Å². The molecule has 2 aliphatic heterocycles. The highest BCUT2D eigenvalue weighted by Crippen LogP contribution is 2.33. The molecule has 2 heterocycles. The van der Waals surface area contributed by atoms with Crippen molar-refractivity contribution in [3.8, 4) is 0 Å². The number of hydrogen-bond donors (Lipinski definition) is 2. The van der Waals surface area contributed by atoms with E-state index >= 15 is 0 Å². The van der Waals surface area contributed by atoms with E-state index in [9.17, 15) is 5.11 Å². The molecule has 4 nitrogen and oxygen atoms in total. The Morgan fingerprint density at radius 1 is 1.41 bits per heavy atom. The Balaban J connectivity index is 1.81. The van der Waals surface area contributed by atoms with E-state index in [1.807, 2.05) is 0 Å². The van der Waals surface area contributed by atoms with Crippen molar-refractivity contribution < 1.29 is 14.6 Å². The molecule has 0 amide bonds. The summed E-state index contributed by atoms with van der Waals surface area (Å²) in [6, 6.07) is 0.497. The summed E-state index contributed by atoms with van der Waals surface area (Å²) >= 11 is 0. The highest BCUT2D eigenvalue weighted by molar-refractivity contribution is 4.93. The van der Waals surface area contributed by atoms with E-state index in [2.05, 4.69) is 19.2 Å². The van der Waals surface area contributed by atoms with Gasteiger partial charge in [0, 0.05) is 44.2 Å². The lowest BCUT2D eigenvalue weighted by Gasteiger charge is -2.38. The molecule has 0 aromatic carbocycles. The van der Waals surface area contributed by atoms with Crippen LogP contribution in [-0.2, 0) is 9.47 Å². The fraction of sp³-hybridized carbons (Fsp3) is 1.00. The second-order valence-electron chi connectivity index (χ2n) is 6.23. The maximum Gasteiger partial charge on any atom is 0.0951 e. The summed E-state index contributed by atoms with van der Waals surface area (Å²) in [5, 5.41) is 12.8. The van der Waals surface area contributed by atoms with Crippen LogP contribution in [0.5, 0.6) is 0 Å². The van der Waals surface area contributed by atoms with Crippen molar-refractivity contribution in [3.63, 3.8) is 0 Å². The summed E-state index contributed by atoms with van der Waals surface area (Å²) in [7, 11) is 0. The number of rotatable bonds is 4. The van der Waals surface area contributed by atoms with Crippen LogP contribution in [0.15, 0.2) is 0 Å². The minimum atomic E-state index is -0.0440. The fourth-order valence-corrected chi connectivity index (χ4v) is 2.54. The third kappa shape index (κ3) is 3.41. The SMILES string of the molecule is CC(C)(CO)CNC1CCOC2(CCOC2)C1. The van der Waals surface area contributed by atoms with Crippen LogP contribution in [0.3, 0.4) is 0 Å². The van der Waals surface area contributed by atoms with E-state index in [-0.39, 0.29) is 17.6 Å². The molecular formula is C13H25NO3. The van der Waals surface area contributed by atoms with E-state index in [0.717, 1.165) is 45.6 Å². The summed E-state index contributed by atoms with van der Waals surface area (Å²) in [5.74, 6) is 0. The number of nitrogens with one attached hydrogen (secondary N) is 1. The van der Waals surface area contributed by atoms with Crippen LogP contribution < -0.4 is 5.32 Å². The molecule has 4 heteroatoms. The van der Waals surface area contributed by atoms with Crippen molar-refractivity contribution >= 4 is 0 Å². The highest BCUT2D eigenvalue weighted by Gasteiger charge is 2.41. The highest BCUT2D eigenvalue weighted by atomic mass is 16.6. The van der Waals surface area contributed by atoms with Crippen LogP contribution in [0.1, 0.15) is 33.1 Å². The van der Waals surface area contributed by atoms with Gasteiger partial charge in [-0.15, -0.1) is 0 Å². The monoisotopic (exact) mass is 243 g/mol. The molecule has 0 bridgehead atoms. The zero-order valence-electron chi connectivity index (χ0n) is 11.0. The van der Waals surface area contributed by atoms with E-state index in [0.29, 0.717) is 6.04 Å². The molecule has 0 aromatic rings. The number of ether oxygens (including phenoxy) is 2. The standard InChI is InChI=1S/C13H25NO3/c1-12(2,9-15)8-14-11-3-5-17-13(7-11)4-6-16-10-13/h11,14-15H,3-10H2,1-2H3. The Labute approximate surface area is 104 Å². The molecule has 2 fully saturated rings. The van der Waals surface area contributed by atoms with Gasteiger partial charge in [-0.1, -0.05) is 13.8 Å². The molecule has 2 unspecified atom stereocenters. The molecule has 2 N–H and O–H groups in total. The lowest BCUT2D eigenvalue weighted by atomic mass is 9.88. The molecule has 0 aliphatic carbocycles. The zero-order chi connectivity index (χ0) is 12.4. The Morgan fingerprint density at radius 2 is 2.24 bits per heavy atom. The van der Waals surface area contributed by atoms with Gasteiger partial charge in [0.25, 0.3) is 0 Å². The Bertz CT molecular complexity index is 249. The number of aliphatic hydroxyl groups excluding tert-OH is 1. The first-order chi connectivity index (χ1) is 8.05. The molecule has 0 saturated carbocycles. The first-order valence-corrected chi connectivity index (χ1v) is 6.61. The fourth-order valence-electron chi connectivity index (χ4n) is 2.54. The smallest absolute Gasteiger partial charge is 0.0951 e. The third-order valence-corrected chi connectivity index (χ3v) is 3.86. The first-order valence-electron chi connectivity index (χ1n) is 6.61. The lowest BCUT2D eigenvalue weighted by Crippen LogP contribution is -2.49. The van der Waals surface area contributed by atoms with Gasteiger partial charge in [-0.05, 0) is 12.8 Å². The largest absolute Gasteiger partial charge is 0.396 e. The van der Waals surface area contributed by atoms with Crippen LogP contribution in [0, 0.1) is 5.41 Å². The maximum atomic E-state index is 9.24. The van der Waals surface area contributed by atoms with Crippen LogP contribution >= 0.6 is 0 Å². The van der Waals surface area contributed by atoms with Gasteiger partial charge in [-0.3, -0.25) is 0 Å². The van der Waals surface area contributed by atoms with E-state index in [1.165, 1.54) is 0 Å². The van der Waals surface area contributed by atoms with Crippen LogP contribution in [0.25, 0.3) is 0 Å². The maximum absolute atomic E-state index is 9.24. The van der Waals surface area contributed by atoms with Crippen molar-refractivity contribution in [2.24, 2.45) is 5.41 Å². The third-order valence-electron chi connectivity index (χ3n) is 3.86. The predicted octanol–water partition coefficient (Wildman–Crippen LogP) is 0.933. The molecule has 17 heavy (non-hydrogen) atoms. The van der Waals surface area contributed by atoms with Crippen molar-refractivity contribution in [3.05, 3.63) is 0 Å². The van der Waals surface area contributed by atoms with Crippen molar-refractivity contribution in [2.75, 3.05) is 33.0 Å². The first kappa shape index (κ1) is 13.3. The van der Waals surface area contributed by atoms with Gasteiger partial charge in [0.2, 0.25) is 0 Å². The molecule has 2 aliphatic rings. The normalized spacial score (nSPS) is 34.4. The van der Waals surface area contributed by atoms with Gasteiger partial charge in [-0.25, -0.2) is 0 Å². The molecule has 2 saturated heterocycles. The molecular weight excluding hydrogens is 218 g/mol. The molecule has 2 atom stereocenters. The summed E-state index contributed by atoms with van der Waals surface area (Å²) in [6.45, 7) is 7.62. The summed E-state index contributed by atoms with van der Waals surface area (Å²) in [5.41, 5.74) is -0.0725. The van der Waals surface area contributed by atoms with Crippen molar-refractivity contribution in [1.29, 1.82) is 0 Å². The molecule has 1 spiro atoms. The van der Waals surface area contributed by atoms with Gasteiger partial charge < -0.3 is 19.9 Å². The molecule has 2 rings (SSSR count). The van der Waals surface area contributed by atoms with Crippen LogP contribution in [-0.4, -0.2) is 49.7 Å². The topological polar surface area (TPSA) is 50.7 Å². The summed E-state index contributed by atoms with van der Waals surface area (Å²) in [6.07, 6.45) is 3.12. The second kappa shape index (κ2) is 5.22. The average molecular weight is 243 g/mol. The average Bonchev–Trinajstić information content (AvgIpc) is 2.75. The second-order valence-corrected chi connectivity index (χ2v) is 6.23. The molecule has 0 radical (unpaired) electrons. The van der Waals surface area contributed by atoms with Crippen molar-refractivity contribution in [1.82, 2.24) is 5.32 Å². The van der Waals surface area contributed by atoms with Crippen LogP contribution in [0.2, 0.25) is 0 Å². The minimum Gasteiger partial charge on any atom is -0.396 e.